The third-order valence-corrected chi connectivity index (χ3v) is 3.87. The number of rotatable bonds is 6. The standard InChI is InChI=1S/C20H20N2O5/c1-13(18(23)22-20(25)21-15-9-10-15)26-19(24)14-7-11-17(12-8-14)27-16-5-3-2-4-6-16/h2-8,11-13,15H,9-10H2,1H3,(H2,21,22,23,25). The lowest BCUT2D eigenvalue weighted by molar-refractivity contribution is -0.127. The van der Waals surface area contributed by atoms with Gasteiger partial charge in [-0.3, -0.25) is 10.1 Å². The fourth-order valence-corrected chi connectivity index (χ4v) is 2.23. The van der Waals surface area contributed by atoms with E-state index in [4.69, 9.17) is 9.47 Å². The Labute approximate surface area is 156 Å². The Balaban J connectivity index is 1.50. The van der Waals surface area contributed by atoms with Crippen molar-refractivity contribution >= 4 is 17.9 Å². The molecule has 7 nitrogen and oxygen atoms in total. The minimum absolute atomic E-state index is 0.132. The van der Waals surface area contributed by atoms with Crippen molar-refractivity contribution in [2.45, 2.75) is 31.9 Å². The number of urea groups is 1. The lowest BCUT2D eigenvalue weighted by atomic mass is 10.2. The first kappa shape index (κ1) is 18.4. The highest BCUT2D eigenvalue weighted by Gasteiger charge is 2.26. The zero-order valence-corrected chi connectivity index (χ0v) is 14.8. The molecule has 1 fully saturated rings. The summed E-state index contributed by atoms with van der Waals surface area (Å²) in [6, 6.07) is 15.2. The van der Waals surface area contributed by atoms with Crippen molar-refractivity contribution in [2.75, 3.05) is 0 Å². The van der Waals surface area contributed by atoms with Crippen LogP contribution in [0.2, 0.25) is 0 Å². The summed E-state index contributed by atoms with van der Waals surface area (Å²) in [6.45, 7) is 1.41. The number of imide groups is 1. The molecule has 1 aliphatic rings. The largest absolute Gasteiger partial charge is 0.457 e. The normalized spacial score (nSPS) is 14.0. The van der Waals surface area contributed by atoms with Gasteiger partial charge < -0.3 is 14.8 Å². The zero-order chi connectivity index (χ0) is 19.2. The molecule has 27 heavy (non-hydrogen) atoms. The molecule has 0 aliphatic heterocycles. The Morgan fingerprint density at radius 2 is 1.59 bits per heavy atom. The molecule has 1 aliphatic carbocycles. The van der Waals surface area contributed by atoms with E-state index in [9.17, 15) is 14.4 Å². The van der Waals surface area contributed by atoms with Crippen LogP contribution < -0.4 is 15.4 Å². The molecule has 7 heteroatoms. The molecule has 2 N–H and O–H groups in total. The number of carbonyl (C=O) groups excluding carboxylic acids is 3. The van der Waals surface area contributed by atoms with E-state index < -0.39 is 24.0 Å². The second kappa shape index (κ2) is 8.35. The minimum atomic E-state index is -1.09. The lowest BCUT2D eigenvalue weighted by Crippen LogP contribution is -2.45. The van der Waals surface area contributed by atoms with Crippen LogP contribution in [0.15, 0.2) is 54.6 Å². The van der Waals surface area contributed by atoms with E-state index in [1.807, 2.05) is 30.3 Å². The Morgan fingerprint density at radius 3 is 2.22 bits per heavy atom. The van der Waals surface area contributed by atoms with E-state index in [1.54, 1.807) is 24.3 Å². The van der Waals surface area contributed by atoms with Gasteiger partial charge in [-0.2, -0.15) is 0 Å². The third-order valence-electron chi connectivity index (χ3n) is 3.87. The van der Waals surface area contributed by atoms with Crippen molar-refractivity contribution in [1.29, 1.82) is 0 Å². The van der Waals surface area contributed by atoms with Gasteiger partial charge in [0.05, 0.1) is 5.56 Å². The number of hydrogen-bond donors (Lipinski definition) is 2. The van der Waals surface area contributed by atoms with Crippen molar-refractivity contribution in [3.63, 3.8) is 0 Å². The third kappa shape index (κ3) is 5.57. The van der Waals surface area contributed by atoms with Gasteiger partial charge in [0.15, 0.2) is 6.10 Å². The number of para-hydroxylation sites is 1. The maximum Gasteiger partial charge on any atom is 0.338 e. The molecule has 0 bridgehead atoms. The van der Waals surface area contributed by atoms with Crippen LogP contribution in [0.4, 0.5) is 4.79 Å². The van der Waals surface area contributed by atoms with Gasteiger partial charge in [-0.15, -0.1) is 0 Å². The predicted molar refractivity (Wildman–Crippen MR) is 97.5 cm³/mol. The fourth-order valence-electron chi connectivity index (χ4n) is 2.23. The molecule has 140 valence electrons. The van der Waals surface area contributed by atoms with Crippen LogP contribution in [0, 0.1) is 0 Å². The SMILES string of the molecule is CC(OC(=O)c1ccc(Oc2ccccc2)cc1)C(=O)NC(=O)NC1CC1. The molecule has 1 atom stereocenters. The number of hydrogen-bond acceptors (Lipinski definition) is 5. The molecular weight excluding hydrogens is 348 g/mol. The molecule has 0 radical (unpaired) electrons. The van der Waals surface area contributed by atoms with E-state index in [-0.39, 0.29) is 11.6 Å². The van der Waals surface area contributed by atoms with Crippen LogP contribution in [0.25, 0.3) is 0 Å². The molecule has 3 amide bonds. The summed E-state index contributed by atoms with van der Waals surface area (Å²) in [5.41, 5.74) is 0.275. The Morgan fingerprint density at radius 1 is 0.963 bits per heavy atom. The first-order valence-electron chi connectivity index (χ1n) is 8.66. The number of amides is 3. The Kier molecular flexibility index (Phi) is 5.71. The van der Waals surface area contributed by atoms with Gasteiger partial charge in [-0.1, -0.05) is 18.2 Å². The van der Waals surface area contributed by atoms with Crippen molar-refractivity contribution in [2.24, 2.45) is 0 Å². The fraction of sp³-hybridized carbons (Fsp3) is 0.250. The zero-order valence-electron chi connectivity index (χ0n) is 14.8. The topological polar surface area (TPSA) is 93.7 Å². The summed E-state index contributed by atoms with van der Waals surface area (Å²) in [4.78, 5) is 35.6. The van der Waals surface area contributed by atoms with Crippen molar-refractivity contribution in [1.82, 2.24) is 10.6 Å². The Hall–Kier alpha value is -3.35. The minimum Gasteiger partial charge on any atom is -0.457 e. The van der Waals surface area contributed by atoms with Gasteiger partial charge in [-0.05, 0) is 56.2 Å². The van der Waals surface area contributed by atoms with Crippen LogP contribution in [0.3, 0.4) is 0 Å². The lowest BCUT2D eigenvalue weighted by Gasteiger charge is -2.13. The number of carbonyl (C=O) groups is 3. The molecule has 2 aromatic carbocycles. The van der Waals surface area contributed by atoms with Gasteiger partial charge in [0.2, 0.25) is 0 Å². The smallest absolute Gasteiger partial charge is 0.338 e. The average Bonchev–Trinajstić information content (AvgIpc) is 3.46. The van der Waals surface area contributed by atoms with Gasteiger partial charge in [-0.25, -0.2) is 9.59 Å². The molecule has 1 saturated carbocycles. The Bertz CT molecular complexity index is 816. The van der Waals surface area contributed by atoms with Crippen LogP contribution in [-0.4, -0.2) is 30.1 Å². The maximum absolute atomic E-state index is 12.2. The monoisotopic (exact) mass is 368 g/mol. The predicted octanol–water partition coefficient (Wildman–Crippen LogP) is 3.01. The van der Waals surface area contributed by atoms with Gasteiger partial charge >= 0.3 is 12.0 Å². The molecule has 3 rings (SSSR count). The maximum atomic E-state index is 12.2. The quantitative estimate of drug-likeness (QED) is 0.765. The summed E-state index contributed by atoms with van der Waals surface area (Å²) in [7, 11) is 0. The van der Waals surface area contributed by atoms with Crippen molar-refractivity contribution in [3.05, 3.63) is 60.2 Å². The summed E-state index contributed by atoms with van der Waals surface area (Å²) >= 11 is 0. The van der Waals surface area contributed by atoms with Crippen LogP contribution >= 0.6 is 0 Å². The molecule has 1 unspecified atom stereocenters. The second-order valence-electron chi connectivity index (χ2n) is 6.22. The van der Waals surface area contributed by atoms with Crippen molar-refractivity contribution in [3.8, 4) is 11.5 Å². The molecule has 0 aromatic heterocycles. The number of esters is 1. The first-order valence-corrected chi connectivity index (χ1v) is 8.66. The molecule has 0 spiro atoms. The molecular formula is C20H20N2O5. The van der Waals surface area contributed by atoms with Gasteiger partial charge in [0.25, 0.3) is 5.91 Å². The van der Waals surface area contributed by atoms with Crippen molar-refractivity contribution < 1.29 is 23.9 Å². The van der Waals surface area contributed by atoms with Gasteiger partial charge in [0.1, 0.15) is 11.5 Å². The van der Waals surface area contributed by atoms with E-state index in [0.29, 0.717) is 11.5 Å². The number of benzene rings is 2. The second-order valence-corrected chi connectivity index (χ2v) is 6.22. The van der Waals surface area contributed by atoms with Crippen LogP contribution in [0.1, 0.15) is 30.1 Å². The van der Waals surface area contributed by atoms with Gasteiger partial charge in [0, 0.05) is 6.04 Å². The van der Waals surface area contributed by atoms with Crippen LogP contribution in [-0.2, 0) is 9.53 Å². The molecule has 0 heterocycles. The highest BCUT2D eigenvalue weighted by atomic mass is 16.5. The summed E-state index contributed by atoms with van der Waals surface area (Å²) in [5.74, 6) is -0.0834. The van der Waals surface area contributed by atoms with E-state index >= 15 is 0 Å². The average molecular weight is 368 g/mol. The van der Waals surface area contributed by atoms with E-state index in [1.165, 1.54) is 6.92 Å². The van der Waals surface area contributed by atoms with Crippen LogP contribution in [0.5, 0.6) is 11.5 Å². The highest BCUT2D eigenvalue weighted by molar-refractivity contribution is 5.98. The van der Waals surface area contributed by atoms with E-state index in [2.05, 4.69) is 10.6 Å². The summed E-state index contributed by atoms with van der Waals surface area (Å²) in [6.07, 6.45) is 0.731. The molecule has 0 saturated heterocycles. The molecule has 2 aromatic rings. The summed E-state index contributed by atoms with van der Waals surface area (Å²) in [5, 5.41) is 4.78. The first-order chi connectivity index (χ1) is 13.0. The number of nitrogens with one attached hydrogen (secondary N) is 2. The highest BCUT2D eigenvalue weighted by Crippen LogP contribution is 2.21. The summed E-state index contributed by atoms with van der Waals surface area (Å²) < 4.78 is 10.8. The number of ether oxygens (including phenoxy) is 2. The van der Waals surface area contributed by atoms with E-state index in [0.717, 1.165) is 12.8 Å².